The van der Waals surface area contributed by atoms with Gasteiger partial charge in [-0.15, -0.1) is 23.7 Å². The third kappa shape index (κ3) is 3.55. The summed E-state index contributed by atoms with van der Waals surface area (Å²) in [5, 5.41) is 7.73. The molecule has 0 aliphatic heterocycles. The average Bonchev–Trinajstić information content (AvgIpc) is 3.02. The molecule has 0 saturated heterocycles. The molecule has 0 radical (unpaired) electrons. The molecule has 0 bridgehead atoms. The van der Waals surface area contributed by atoms with Gasteiger partial charge >= 0.3 is 0 Å². The van der Waals surface area contributed by atoms with Gasteiger partial charge in [0.05, 0.1) is 11.4 Å². The Morgan fingerprint density at radius 3 is 2.84 bits per heavy atom. The van der Waals surface area contributed by atoms with Gasteiger partial charge in [0.25, 0.3) is 0 Å². The van der Waals surface area contributed by atoms with Crippen LogP contribution in [0.25, 0.3) is 0 Å². The van der Waals surface area contributed by atoms with E-state index in [1.165, 1.54) is 41.6 Å². The molecular formula is C13H17ClFN3S. The number of halogens is 2. The Bertz CT molecular complexity index is 548. The zero-order valence-corrected chi connectivity index (χ0v) is 12.4. The van der Waals surface area contributed by atoms with Crippen LogP contribution < -0.4 is 5.32 Å². The number of rotatable bonds is 5. The van der Waals surface area contributed by atoms with E-state index in [1.807, 2.05) is 17.8 Å². The maximum absolute atomic E-state index is 12.8. The van der Waals surface area contributed by atoms with Crippen LogP contribution in [0.2, 0.25) is 0 Å². The molecule has 0 spiro atoms. The lowest BCUT2D eigenvalue weighted by molar-refractivity contribution is 0.626. The summed E-state index contributed by atoms with van der Waals surface area (Å²) in [4.78, 5) is 1.03. The van der Waals surface area contributed by atoms with Gasteiger partial charge in [-0.25, -0.2) is 0 Å². The van der Waals surface area contributed by atoms with E-state index in [2.05, 4.69) is 16.5 Å². The molecule has 1 N–H and O–H groups in total. The summed E-state index contributed by atoms with van der Waals surface area (Å²) >= 11 is 1.20. The molecule has 0 aromatic carbocycles. The van der Waals surface area contributed by atoms with E-state index in [-0.39, 0.29) is 17.5 Å². The quantitative estimate of drug-likeness (QED) is 0.919. The molecule has 104 valence electrons. The average molecular weight is 302 g/mol. The number of nitrogens with one attached hydrogen (secondary N) is 1. The van der Waals surface area contributed by atoms with Crippen molar-refractivity contribution in [2.45, 2.75) is 31.8 Å². The van der Waals surface area contributed by atoms with E-state index in [1.54, 1.807) is 0 Å². The van der Waals surface area contributed by atoms with Crippen LogP contribution in [0, 0.1) is 5.13 Å². The van der Waals surface area contributed by atoms with E-state index >= 15 is 0 Å². The molecule has 19 heavy (non-hydrogen) atoms. The Morgan fingerprint density at radius 1 is 1.42 bits per heavy atom. The molecule has 3 rings (SSSR count). The zero-order chi connectivity index (χ0) is 12.5. The fraction of sp³-hybridized carbons (Fsp3) is 0.462. The summed E-state index contributed by atoms with van der Waals surface area (Å²) in [5.74, 6) is 0.691. The standard InChI is InChI=1S/C13H16FN3S.ClH/c1-17-10(6-12(16-17)9-2-3-9)7-15-8-11-4-5-13(14)18-11;/h4-6,9,15H,2-3,7-8H2,1H3;1H. The van der Waals surface area contributed by atoms with Crippen LogP contribution in [-0.4, -0.2) is 9.78 Å². The minimum atomic E-state index is -0.122. The SMILES string of the molecule is Cl.Cn1nc(C2CC2)cc1CNCc1ccc(F)s1. The number of thiophene rings is 1. The molecule has 2 aromatic heterocycles. The van der Waals surface area contributed by atoms with E-state index in [0.29, 0.717) is 12.5 Å². The summed E-state index contributed by atoms with van der Waals surface area (Å²) in [6.45, 7) is 1.48. The van der Waals surface area contributed by atoms with Gasteiger partial charge < -0.3 is 5.32 Å². The van der Waals surface area contributed by atoms with Crippen LogP contribution in [0.1, 0.15) is 35.0 Å². The molecule has 0 unspecified atom stereocenters. The molecule has 1 saturated carbocycles. The normalized spacial score (nSPS) is 14.4. The maximum Gasteiger partial charge on any atom is 0.176 e. The van der Waals surface area contributed by atoms with Crippen LogP contribution in [0.4, 0.5) is 4.39 Å². The van der Waals surface area contributed by atoms with E-state index in [9.17, 15) is 4.39 Å². The summed E-state index contributed by atoms with van der Waals surface area (Å²) in [6, 6.07) is 5.52. The molecule has 0 atom stereocenters. The molecule has 2 aromatic rings. The lowest BCUT2D eigenvalue weighted by Gasteiger charge is -2.03. The van der Waals surface area contributed by atoms with Gasteiger partial charge in [0.15, 0.2) is 5.13 Å². The second kappa shape index (κ2) is 6.03. The molecular weight excluding hydrogens is 285 g/mol. The second-order valence-electron chi connectivity index (χ2n) is 4.77. The summed E-state index contributed by atoms with van der Waals surface area (Å²) in [7, 11) is 1.98. The molecule has 3 nitrogen and oxygen atoms in total. The Kier molecular flexibility index (Phi) is 4.60. The highest BCUT2D eigenvalue weighted by Gasteiger charge is 2.26. The molecule has 2 heterocycles. The molecule has 1 aliphatic carbocycles. The summed E-state index contributed by atoms with van der Waals surface area (Å²) < 4.78 is 14.8. The van der Waals surface area contributed by atoms with Gasteiger partial charge in [0.2, 0.25) is 0 Å². The molecule has 0 amide bonds. The number of nitrogens with zero attached hydrogens (tertiary/aromatic N) is 2. The number of hydrogen-bond acceptors (Lipinski definition) is 3. The van der Waals surface area contributed by atoms with Crippen molar-refractivity contribution >= 4 is 23.7 Å². The van der Waals surface area contributed by atoms with Crippen LogP contribution in [0.5, 0.6) is 0 Å². The first-order valence-electron chi connectivity index (χ1n) is 6.20. The van der Waals surface area contributed by atoms with Crippen molar-refractivity contribution in [3.05, 3.63) is 39.6 Å². The van der Waals surface area contributed by atoms with Crippen molar-refractivity contribution in [1.82, 2.24) is 15.1 Å². The van der Waals surface area contributed by atoms with Crippen molar-refractivity contribution in [3.8, 4) is 0 Å². The highest BCUT2D eigenvalue weighted by molar-refractivity contribution is 7.10. The fourth-order valence-corrected chi connectivity index (χ4v) is 2.73. The van der Waals surface area contributed by atoms with E-state index in [0.717, 1.165) is 11.4 Å². The van der Waals surface area contributed by atoms with Crippen molar-refractivity contribution in [3.63, 3.8) is 0 Å². The number of aromatic nitrogens is 2. The third-order valence-electron chi connectivity index (χ3n) is 3.23. The Balaban J connectivity index is 0.00000133. The van der Waals surface area contributed by atoms with Crippen LogP contribution in [0.3, 0.4) is 0 Å². The van der Waals surface area contributed by atoms with Crippen LogP contribution in [-0.2, 0) is 20.1 Å². The maximum atomic E-state index is 12.8. The second-order valence-corrected chi connectivity index (χ2v) is 5.89. The zero-order valence-electron chi connectivity index (χ0n) is 10.7. The van der Waals surface area contributed by atoms with Gasteiger partial charge in [-0.05, 0) is 31.0 Å². The van der Waals surface area contributed by atoms with E-state index in [4.69, 9.17) is 0 Å². The Morgan fingerprint density at radius 2 is 2.21 bits per heavy atom. The third-order valence-corrected chi connectivity index (χ3v) is 4.10. The minimum Gasteiger partial charge on any atom is -0.306 e. The largest absolute Gasteiger partial charge is 0.306 e. The molecule has 6 heteroatoms. The Labute approximate surface area is 122 Å². The van der Waals surface area contributed by atoms with Gasteiger partial charge in [-0.3, -0.25) is 4.68 Å². The van der Waals surface area contributed by atoms with Gasteiger partial charge in [0.1, 0.15) is 0 Å². The highest BCUT2D eigenvalue weighted by atomic mass is 35.5. The minimum absolute atomic E-state index is 0. The van der Waals surface area contributed by atoms with Gasteiger partial charge in [-0.2, -0.15) is 9.49 Å². The molecule has 1 aliphatic rings. The number of hydrogen-bond donors (Lipinski definition) is 1. The lowest BCUT2D eigenvalue weighted by atomic mass is 10.2. The Hall–Kier alpha value is -0.910. The first-order chi connectivity index (χ1) is 8.72. The van der Waals surface area contributed by atoms with Crippen LogP contribution in [0.15, 0.2) is 18.2 Å². The van der Waals surface area contributed by atoms with Gasteiger partial charge in [0, 0.05) is 30.9 Å². The fourth-order valence-electron chi connectivity index (χ4n) is 2.03. The summed E-state index contributed by atoms with van der Waals surface area (Å²) in [6.07, 6.45) is 2.55. The predicted octanol–water partition coefficient (Wildman–Crippen LogP) is 3.21. The lowest BCUT2D eigenvalue weighted by Crippen LogP contribution is -2.14. The topological polar surface area (TPSA) is 29.9 Å². The summed E-state index contributed by atoms with van der Waals surface area (Å²) in [5.41, 5.74) is 2.41. The first-order valence-corrected chi connectivity index (χ1v) is 7.02. The molecule has 1 fully saturated rings. The number of aryl methyl sites for hydroxylation is 1. The van der Waals surface area contributed by atoms with Gasteiger partial charge in [-0.1, -0.05) is 0 Å². The van der Waals surface area contributed by atoms with Crippen molar-refractivity contribution in [2.24, 2.45) is 7.05 Å². The highest BCUT2D eigenvalue weighted by Crippen LogP contribution is 2.39. The van der Waals surface area contributed by atoms with Crippen molar-refractivity contribution in [2.75, 3.05) is 0 Å². The van der Waals surface area contributed by atoms with E-state index < -0.39 is 0 Å². The smallest absolute Gasteiger partial charge is 0.176 e. The van der Waals surface area contributed by atoms with Crippen LogP contribution >= 0.6 is 23.7 Å². The predicted molar refractivity (Wildman–Crippen MR) is 77.3 cm³/mol. The first kappa shape index (κ1) is 14.5. The van der Waals surface area contributed by atoms with Crippen molar-refractivity contribution < 1.29 is 4.39 Å². The monoisotopic (exact) mass is 301 g/mol. The van der Waals surface area contributed by atoms with Crippen molar-refractivity contribution in [1.29, 1.82) is 0 Å².